The molecule has 1 N–H and O–H groups in total. The molecule has 0 radical (unpaired) electrons. The maximum Gasteiger partial charge on any atom is 0.166 e. The van der Waals surface area contributed by atoms with Crippen LogP contribution in [-0.4, -0.2) is 4.98 Å². The molecule has 1 aromatic heterocycles. The predicted octanol–water partition coefficient (Wildman–Crippen LogP) is 3.60. The summed E-state index contributed by atoms with van der Waals surface area (Å²) in [6.07, 6.45) is 1.50. The van der Waals surface area contributed by atoms with Gasteiger partial charge >= 0.3 is 0 Å². The van der Waals surface area contributed by atoms with E-state index < -0.39 is 5.82 Å². The van der Waals surface area contributed by atoms with Crippen LogP contribution in [0.2, 0.25) is 0 Å². The molecule has 0 bridgehead atoms. The van der Waals surface area contributed by atoms with E-state index in [0.717, 1.165) is 0 Å². The Kier molecular flexibility index (Phi) is 3.35. The molecule has 0 saturated heterocycles. The molecule has 17 heavy (non-hydrogen) atoms. The average molecular weight is 292 g/mol. The Labute approximate surface area is 106 Å². The number of benzene rings is 1. The summed E-state index contributed by atoms with van der Waals surface area (Å²) >= 11 is 3.13. The second-order valence-corrected chi connectivity index (χ2v) is 4.22. The highest BCUT2D eigenvalue weighted by molar-refractivity contribution is 9.10. The molecule has 0 aliphatic rings. The smallest absolute Gasteiger partial charge is 0.166 e. The first kappa shape index (κ1) is 11.6. The first-order valence-electron chi connectivity index (χ1n) is 4.77. The van der Waals surface area contributed by atoms with Gasteiger partial charge in [-0.15, -0.1) is 0 Å². The number of halogens is 2. The number of nitrogens with one attached hydrogen (secondary N) is 1. The van der Waals surface area contributed by atoms with Crippen LogP contribution in [0.15, 0.2) is 41.0 Å². The van der Waals surface area contributed by atoms with Crippen LogP contribution in [0.25, 0.3) is 0 Å². The third-order valence-corrected chi connectivity index (χ3v) is 2.50. The summed E-state index contributed by atoms with van der Waals surface area (Å²) < 4.78 is 14.1. The third-order valence-electron chi connectivity index (χ3n) is 2.06. The molecular formula is C12H7BrFN3. The zero-order valence-electron chi connectivity index (χ0n) is 8.61. The van der Waals surface area contributed by atoms with E-state index in [4.69, 9.17) is 5.26 Å². The van der Waals surface area contributed by atoms with E-state index in [-0.39, 0.29) is 5.82 Å². The van der Waals surface area contributed by atoms with Crippen molar-refractivity contribution in [2.45, 2.75) is 0 Å². The van der Waals surface area contributed by atoms with Gasteiger partial charge in [-0.05, 0) is 40.2 Å². The minimum absolute atomic E-state index is 0.128. The number of rotatable bonds is 2. The van der Waals surface area contributed by atoms with Crippen LogP contribution in [0.3, 0.4) is 0 Å². The zero-order chi connectivity index (χ0) is 12.3. The van der Waals surface area contributed by atoms with Crippen LogP contribution in [0.1, 0.15) is 5.56 Å². The van der Waals surface area contributed by atoms with E-state index in [2.05, 4.69) is 26.2 Å². The van der Waals surface area contributed by atoms with Crippen LogP contribution in [0.5, 0.6) is 0 Å². The van der Waals surface area contributed by atoms with E-state index >= 15 is 0 Å². The summed E-state index contributed by atoms with van der Waals surface area (Å²) in [5.74, 6) is -0.329. The lowest BCUT2D eigenvalue weighted by Gasteiger charge is -2.06. The van der Waals surface area contributed by atoms with Gasteiger partial charge in [0, 0.05) is 16.4 Å². The highest BCUT2D eigenvalue weighted by Gasteiger charge is 2.04. The number of hydrogen-bond acceptors (Lipinski definition) is 3. The topological polar surface area (TPSA) is 48.7 Å². The molecule has 0 saturated carbocycles. The third kappa shape index (κ3) is 2.80. The fourth-order valence-corrected chi connectivity index (χ4v) is 1.61. The summed E-state index contributed by atoms with van der Waals surface area (Å²) in [5, 5.41) is 11.6. The Morgan fingerprint density at radius 3 is 2.88 bits per heavy atom. The van der Waals surface area contributed by atoms with Gasteiger partial charge in [-0.1, -0.05) is 6.07 Å². The molecule has 5 heteroatoms. The lowest BCUT2D eigenvalue weighted by Crippen LogP contribution is -1.97. The molecule has 0 atom stereocenters. The summed E-state index contributed by atoms with van der Waals surface area (Å²) in [6, 6.07) is 10.1. The Morgan fingerprint density at radius 2 is 2.18 bits per heavy atom. The van der Waals surface area contributed by atoms with Gasteiger partial charge < -0.3 is 5.32 Å². The van der Waals surface area contributed by atoms with Crippen molar-refractivity contribution in [3.8, 4) is 6.07 Å². The molecule has 1 heterocycles. The molecule has 84 valence electrons. The summed E-state index contributed by atoms with van der Waals surface area (Å²) in [5.41, 5.74) is 1.13. The molecule has 0 aliphatic carbocycles. The Morgan fingerprint density at radius 1 is 1.35 bits per heavy atom. The predicted molar refractivity (Wildman–Crippen MR) is 66.3 cm³/mol. The van der Waals surface area contributed by atoms with Crippen molar-refractivity contribution >= 4 is 27.4 Å². The van der Waals surface area contributed by atoms with Crippen molar-refractivity contribution in [2.24, 2.45) is 0 Å². The zero-order valence-corrected chi connectivity index (χ0v) is 10.2. The lowest BCUT2D eigenvalue weighted by molar-refractivity contribution is 0.625. The van der Waals surface area contributed by atoms with Crippen LogP contribution in [-0.2, 0) is 0 Å². The van der Waals surface area contributed by atoms with Crippen LogP contribution < -0.4 is 5.32 Å². The fourth-order valence-electron chi connectivity index (χ4n) is 1.31. The summed E-state index contributed by atoms with van der Waals surface area (Å²) in [7, 11) is 0. The molecule has 0 amide bonds. The Hall–Kier alpha value is -1.93. The Balaban J connectivity index is 2.28. The van der Waals surface area contributed by atoms with Crippen molar-refractivity contribution in [1.82, 2.24) is 4.98 Å². The van der Waals surface area contributed by atoms with E-state index in [1.165, 1.54) is 12.3 Å². The highest BCUT2D eigenvalue weighted by Crippen LogP contribution is 2.20. The SMILES string of the molecule is N#Cc1cccc(Nc2ncc(Br)cc2F)c1. The number of pyridine rings is 1. The molecular weight excluding hydrogens is 285 g/mol. The number of anilines is 2. The van der Waals surface area contributed by atoms with E-state index in [1.54, 1.807) is 24.3 Å². The van der Waals surface area contributed by atoms with Crippen LogP contribution >= 0.6 is 15.9 Å². The minimum atomic E-state index is -0.457. The number of nitriles is 1. The van der Waals surface area contributed by atoms with Gasteiger partial charge in [0.15, 0.2) is 11.6 Å². The number of hydrogen-bond donors (Lipinski definition) is 1. The lowest BCUT2D eigenvalue weighted by atomic mass is 10.2. The highest BCUT2D eigenvalue weighted by atomic mass is 79.9. The minimum Gasteiger partial charge on any atom is -0.338 e. The van der Waals surface area contributed by atoms with Gasteiger partial charge in [-0.3, -0.25) is 0 Å². The number of aromatic nitrogens is 1. The number of nitrogens with zero attached hydrogens (tertiary/aromatic N) is 2. The molecule has 1 aromatic carbocycles. The van der Waals surface area contributed by atoms with Gasteiger partial charge in [0.25, 0.3) is 0 Å². The molecule has 0 aliphatic heterocycles. The van der Waals surface area contributed by atoms with Crippen molar-refractivity contribution in [1.29, 1.82) is 5.26 Å². The molecule has 0 fully saturated rings. The van der Waals surface area contributed by atoms with E-state index in [1.807, 2.05) is 6.07 Å². The van der Waals surface area contributed by atoms with Crippen molar-refractivity contribution in [3.05, 3.63) is 52.4 Å². The monoisotopic (exact) mass is 291 g/mol. The second kappa shape index (κ2) is 4.93. The van der Waals surface area contributed by atoms with Gasteiger partial charge in [-0.25, -0.2) is 9.37 Å². The molecule has 0 unspecified atom stereocenters. The quantitative estimate of drug-likeness (QED) is 0.920. The normalized spacial score (nSPS) is 9.71. The molecule has 2 rings (SSSR count). The molecule has 0 spiro atoms. The van der Waals surface area contributed by atoms with E-state index in [9.17, 15) is 4.39 Å². The largest absolute Gasteiger partial charge is 0.338 e. The van der Waals surface area contributed by atoms with Crippen molar-refractivity contribution in [3.63, 3.8) is 0 Å². The van der Waals surface area contributed by atoms with Gasteiger partial charge in [0.2, 0.25) is 0 Å². The maximum absolute atomic E-state index is 13.5. The fraction of sp³-hybridized carbons (Fsp3) is 0. The van der Waals surface area contributed by atoms with Crippen molar-refractivity contribution in [2.75, 3.05) is 5.32 Å². The van der Waals surface area contributed by atoms with Gasteiger partial charge in [0.05, 0.1) is 11.6 Å². The van der Waals surface area contributed by atoms with Crippen LogP contribution in [0.4, 0.5) is 15.9 Å². The first-order valence-corrected chi connectivity index (χ1v) is 5.56. The van der Waals surface area contributed by atoms with E-state index in [0.29, 0.717) is 15.7 Å². The second-order valence-electron chi connectivity index (χ2n) is 3.30. The van der Waals surface area contributed by atoms with Gasteiger partial charge in [-0.2, -0.15) is 5.26 Å². The van der Waals surface area contributed by atoms with Crippen LogP contribution in [0, 0.1) is 17.1 Å². The molecule has 2 aromatic rings. The summed E-state index contributed by atoms with van der Waals surface area (Å²) in [4.78, 5) is 3.91. The first-order chi connectivity index (χ1) is 8.19. The Bertz CT molecular complexity index is 593. The summed E-state index contributed by atoms with van der Waals surface area (Å²) in [6.45, 7) is 0. The standard InChI is InChI=1S/C12H7BrFN3/c13-9-5-11(14)12(16-7-9)17-10-3-1-2-8(4-10)6-15/h1-5,7H,(H,16,17). The van der Waals surface area contributed by atoms with Gasteiger partial charge in [0.1, 0.15) is 0 Å². The maximum atomic E-state index is 13.5. The van der Waals surface area contributed by atoms with Crippen molar-refractivity contribution < 1.29 is 4.39 Å². The average Bonchev–Trinajstić information content (AvgIpc) is 2.33. The molecule has 3 nitrogen and oxygen atoms in total.